The van der Waals surface area contributed by atoms with Crippen molar-refractivity contribution in [2.45, 2.75) is 38.5 Å². The first-order valence-corrected chi connectivity index (χ1v) is 14.5. The topological polar surface area (TPSA) is 82.0 Å². The van der Waals surface area contributed by atoms with Crippen LogP contribution in [0.25, 0.3) is 22.3 Å². The molecule has 4 rings (SSSR count). The number of carbonyl (C=O) groups excluding carboxylic acids is 1. The van der Waals surface area contributed by atoms with Gasteiger partial charge in [-0.2, -0.15) is 5.26 Å². The van der Waals surface area contributed by atoms with Gasteiger partial charge in [0, 0.05) is 33.3 Å². The number of ether oxygens (including phenoxy) is 1. The van der Waals surface area contributed by atoms with Crippen molar-refractivity contribution in [2.75, 3.05) is 13.2 Å². The molecule has 1 amide bonds. The summed E-state index contributed by atoms with van der Waals surface area (Å²) in [6, 6.07) is 26.7. The van der Waals surface area contributed by atoms with Crippen LogP contribution < -0.4 is 10.1 Å². The average molecular weight is 587 g/mol. The van der Waals surface area contributed by atoms with E-state index in [1.807, 2.05) is 24.3 Å². The number of nitrogens with one attached hydrogen (secondary N) is 1. The third-order valence-corrected chi connectivity index (χ3v) is 7.18. The Bertz CT molecular complexity index is 1460. The van der Waals surface area contributed by atoms with Gasteiger partial charge in [-0.15, -0.1) is 0 Å². The number of nitrogens with zero attached hydrogens (tertiary/aromatic N) is 1. The summed E-state index contributed by atoms with van der Waals surface area (Å²) in [5.41, 5.74) is 3.15. The Hall–Kier alpha value is -3.98. The van der Waals surface area contributed by atoms with Crippen LogP contribution in [0.5, 0.6) is 11.5 Å². The summed E-state index contributed by atoms with van der Waals surface area (Å²) < 4.78 is 5.72. The highest BCUT2D eigenvalue weighted by molar-refractivity contribution is 6.31. The van der Waals surface area contributed by atoms with Crippen molar-refractivity contribution >= 4 is 29.1 Å². The molecule has 0 aliphatic heterocycles. The maximum absolute atomic E-state index is 13.5. The number of unbranched alkanes of at least 4 members (excludes halogenated alkanes) is 5. The minimum atomic E-state index is -0.228. The Labute approximate surface area is 251 Å². The summed E-state index contributed by atoms with van der Waals surface area (Å²) >= 11 is 12.4. The summed E-state index contributed by atoms with van der Waals surface area (Å²) in [4.78, 5) is 13.1. The van der Waals surface area contributed by atoms with Crippen LogP contribution in [0, 0.1) is 11.3 Å². The maximum Gasteiger partial charge on any atom is 0.251 e. The summed E-state index contributed by atoms with van der Waals surface area (Å²) in [7, 11) is 0. The van der Waals surface area contributed by atoms with Crippen molar-refractivity contribution < 1.29 is 14.6 Å². The van der Waals surface area contributed by atoms with Crippen molar-refractivity contribution in [2.24, 2.45) is 0 Å². The second-order valence-electron chi connectivity index (χ2n) is 9.79. The Kier molecular flexibility index (Phi) is 11.1. The molecule has 41 heavy (non-hydrogen) atoms. The largest absolute Gasteiger partial charge is 0.494 e. The molecule has 0 aromatic heterocycles. The Morgan fingerprint density at radius 1 is 0.756 bits per heavy atom. The summed E-state index contributed by atoms with van der Waals surface area (Å²) in [5.74, 6) is 0.311. The van der Waals surface area contributed by atoms with Crippen LogP contribution in [0.4, 0.5) is 0 Å². The molecule has 4 aromatic rings. The van der Waals surface area contributed by atoms with Crippen molar-refractivity contribution in [1.29, 1.82) is 5.26 Å². The van der Waals surface area contributed by atoms with Gasteiger partial charge in [0.15, 0.2) is 5.75 Å². The maximum atomic E-state index is 13.5. The van der Waals surface area contributed by atoms with E-state index in [0.29, 0.717) is 56.6 Å². The number of hydrogen-bond donors (Lipinski definition) is 1. The first-order chi connectivity index (χ1) is 19.9. The normalized spacial score (nSPS) is 10.7. The van der Waals surface area contributed by atoms with Gasteiger partial charge in [0.1, 0.15) is 5.75 Å². The van der Waals surface area contributed by atoms with Crippen LogP contribution in [0.3, 0.4) is 0 Å². The van der Waals surface area contributed by atoms with Crippen LogP contribution in [0.1, 0.15) is 54.4 Å². The van der Waals surface area contributed by atoms with Gasteiger partial charge in [0.2, 0.25) is 0 Å². The second-order valence-corrected chi connectivity index (χ2v) is 10.7. The predicted octanol–water partition coefficient (Wildman–Crippen LogP) is 9.49. The number of carbonyl (C=O) groups is 1. The molecule has 7 heteroatoms. The minimum Gasteiger partial charge on any atom is -0.494 e. The predicted molar refractivity (Wildman–Crippen MR) is 164 cm³/mol. The number of rotatable bonds is 13. The van der Waals surface area contributed by atoms with Crippen molar-refractivity contribution in [3.05, 3.63) is 106 Å². The SMILES string of the molecule is N#Cc1cccc(OCCCCCCCCNC(=O)c2cc(-c3cccc(Cl)c3)c([O])c(-c3cccc(Cl)c3)c2)c1. The molecule has 4 aromatic carbocycles. The fourth-order valence-corrected chi connectivity index (χ4v) is 4.97. The lowest BCUT2D eigenvalue weighted by atomic mass is 9.94. The van der Waals surface area contributed by atoms with Gasteiger partial charge in [-0.3, -0.25) is 9.90 Å². The summed E-state index contributed by atoms with van der Waals surface area (Å²) in [5, 5.41) is 26.4. The van der Waals surface area contributed by atoms with E-state index < -0.39 is 0 Å². The minimum absolute atomic E-state index is 0.188. The third kappa shape index (κ3) is 8.75. The lowest BCUT2D eigenvalue weighted by Crippen LogP contribution is -2.24. The Balaban J connectivity index is 1.28. The lowest BCUT2D eigenvalue weighted by molar-refractivity contribution is 0.0953. The molecule has 209 valence electrons. The second kappa shape index (κ2) is 15.1. The lowest BCUT2D eigenvalue weighted by Gasteiger charge is -2.13. The number of nitriles is 1. The van der Waals surface area contributed by atoms with E-state index in [0.717, 1.165) is 44.3 Å². The molecule has 0 spiro atoms. The molecule has 0 heterocycles. The van der Waals surface area contributed by atoms with E-state index in [2.05, 4.69) is 11.4 Å². The van der Waals surface area contributed by atoms with E-state index in [9.17, 15) is 9.90 Å². The first kappa shape index (κ1) is 30.0. The van der Waals surface area contributed by atoms with Crippen molar-refractivity contribution in [3.63, 3.8) is 0 Å². The van der Waals surface area contributed by atoms with E-state index in [4.69, 9.17) is 33.2 Å². The van der Waals surface area contributed by atoms with E-state index in [1.165, 1.54) is 0 Å². The van der Waals surface area contributed by atoms with E-state index in [-0.39, 0.29) is 11.7 Å². The third-order valence-electron chi connectivity index (χ3n) is 6.71. The van der Waals surface area contributed by atoms with Crippen molar-refractivity contribution in [3.8, 4) is 39.8 Å². The molecule has 5 nitrogen and oxygen atoms in total. The molecular formula is C34H31Cl2N2O3. The summed E-state index contributed by atoms with van der Waals surface area (Å²) in [6.45, 7) is 1.18. The highest BCUT2D eigenvalue weighted by Crippen LogP contribution is 2.41. The molecule has 0 fully saturated rings. The van der Waals surface area contributed by atoms with Crippen LogP contribution >= 0.6 is 23.2 Å². The number of amides is 1. The van der Waals surface area contributed by atoms with Crippen LogP contribution in [0.15, 0.2) is 84.9 Å². The Morgan fingerprint density at radius 2 is 1.34 bits per heavy atom. The van der Waals surface area contributed by atoms with Gasteiger partial charge >= 0.3 is 0 Å². The van der Waals surface area contributed by atoms with E-state index in [1.54, 1.807) is 60.7 Å². The highest BCUT2D eigenvalue weighted by Gasteiger charge is 2.19. The van der Waals surface area contributed by atoms with Gasteiger partial charge in [0.05, 0.1) is 18.2 Å². The highest BCUT2D eigenvalue weighted by atomic mass is 35.5. The molecule has 0 atom stereocenters. The number of halogens is 2. The first-order valence-electron chi connectivity index (χ1n) is 13.7. The molecule has 0 saturated carbocycles. The fraction of sp³-hybridized carbons (Fsp3) is 0.235. The molecular weight excluding hydrogens is 555 g/mol. The molecule has 1 radical (unpaired) electrons. The summed E-state index contributed by atoms with van der Waals surface area (Å²) in [6.07, 6.45) is 6.05. The fourth-order valence-electron chi connectivity index (χ4n) is 4.58. The zero-order valence-electron chi connectivity index (χ0n) is 22.7. The van der Waals surface area contributed by atoms with Crippen LogP contribution in [0.2, 0.25) is 10.0 Å². The zero-order valence-corrected chi connectivity index (χ0v) is 24.2. The van der Waals surface area contributed by atoms with Gasteiger partial charge in [-0.05, 0) is 78.6 Å². The number of hydrogen-bond acceptors (Lipinski definition) is 3. The molecule has 0 bridgehead atoms. The molecule has 0 aliphatic carbocycles. The quantitative estimate of drug-likeness (QED) is 0.158. The Morgan fingerprint density at radius 3 is 1.95 bits per heavy atom. The smallest absolute Gasteiger partial charge is 0.251 e. The molecule has 1 N–H and O–H groups in total. The van der Waals surface area contributed by atoms with Gasteiger partial charge in [-0.25, -0.2) is 0 Å². The van der Waals surface area contributed by atoms with Gasteiger partial charge in [0.25, 0.3) is 5.91 Å². The van der Waals surface area contributed by atoms with Crippen molar-refractivity contribution in [1.82, 2.24) is 5.32 Å². The average Bonchev–Trinajstić information content (AvgIpc) is 2.98. The van der Waals surface area contributed by atoms with Gasteiger partial charge < -0.3 is 10.1 Å². The number of benzene rings is 4. The monoisotopic (exact) mass is 585 g/mol. The van der Waals surface area contributed by atoms with Crippen LogP contribution in [-0.4, -0.2) is 19.1 Å². The molecule has 0 aliphatic rings. The standard InChI is InChI=1S/C34H31Cl2N2O3/c35-28-13-8-11-25(19-28)31-21-27(22-32(33(31)39)26-12-9-14-29(36)20-26)34(40)38-16-5-3-1-2-4-6-17-41-30-15-7-10-24(18-30)23-37/h7-15,18-22H,1-6,16-17H2,(H,38,40). The molecule has 0 saturated heterocycles. The van der Waals surface area contributed by atoms with Gasteiger partial charge in [-0.1, -0.05) is 79.2 Å². The molecule has 0 unspecified atom stereocenters. The van der Waals surface area contributed by atoms with Crippen LogP contribution in [-0.2, 0) is 5.11 Å². The zero-order chi connectivity index (χ0) is 29.0. The van der Waals surface area contributed by atoms with E-state index >= 15 is 0 Å².